The van der Waals surface area contributed by atoms with Gasteiger partial charge in [0.15, 0.2) is 5.65 Å². The summed E-state index contributed by atoms with van der Waals surface area (Å²) in [5.74, 6) is -0.159. The van der Waals surface area contributed by atoms with Gasteiger partial charge in [0, 0.05) is 11.1 Å². The van der Waals surface area contributed by atoms with E-state index in [2.05, 4.69) is 34.7 Å². The zero-order chi connectivity index (χ0) is 21.9. The maximum absolute atomic E-state index is 12.6. The summed E-state index contributed by atoms with van der Waals surface area (Å²) in [4.78, 5) is 17.4. The van der Waals surface area contributed by atoms with Gasteiger partial charge in [-0.05, 0) is 35.4 Å². The average molecular weight is 439 g/mol. The number of hydrogen-bond acceptors (Lipinski definition) is 3. The quantitative estimate of drug-likeness (QED) is 0.386. The Kier molecular flexibility index (Phi) is 5.40. The molecule has 0 saturated carbocycles. The van der Waals surface area contributed by atoms with Crippen molar-refractivity contribution in [1.82, 2.24) is 19.9 Å². The largest absolute Gasteiger partial charge is 0.346 e. The fourth-order valence-electron chi connectivity index (χ4n) is 3.65. The molecule has 3 aromatic carbocycles. The smallest absolute Gasteiger partial charge is 0.251 e. The molecule has 0 spiro atoms. The zero-order valence-corrected chi connectivity index (χ0v) is 17.8. The molecule has 1 amide bonds. The van der Waals surface area contributed by atoms with Crippen LogP contribution in [0.3, 0.4) is 0 Å². The molecule has 0 radical (unpaired) electrons. The molecule has 32 heavy (non-hydrogen) atoms. The van der Waals surface area contributed by atoms with Crippen LogP contribution in [0.5, 0.6) is 0 Å². The van der Waals surface area contributed by atoms with Crippen LogP contribution in [0.25, 0.3) is 28.0 Å². The molecule has 5 aromatic rings. The lowest BCUT2D eigenvalue weighted by molar-refractivity contribution is 0.0950. The third kappa shape index (κ3) is 3.98. The number of amides is 1. The van der Waals surface area contributed by atoms with Gasteiger partial charge in [0.2, 0.25) is 0 Å². The molecule has 0 aliphatic heterocycles. The number of nitrogens with one attached hydrogen (secondary N) is 1. The number of rotatable bonds is 5. The van der Waals surface area contributed by atoms with E-state index >= 15 is 0 Å². The molecule has 0 fully saturated rings. The summed E-state index contributed by atoms with van der Waals surface area (Å²) in [6.45, 7) is 0.262. The highest BCUT2D eigenvalue weighted by atomic mass is 35.5. The molecule has 2 aromatic heterocycles. The second-order valence-electron chi connectivity index (χ2n) is 7.33. The van der Waals surface area contributed by atoms with E-state index in [9.17, 15) is 4.79 Å². The first-order chi connectivity index (χ1) is 15.7. The second-order valence-corrected chi connectivity index (χ2v) is 7.71. The third-order valence-corrected chi connectivity index (χ3v) is 5.46. The summed E-state index contributed by atoms with van der Waals surface area (Å²) in [6, 6.07) is 31.1. The third-order valence-electron chi connectivity index (χ3n) is 5.26. The van der Waals surface area contributed by atoms with Gasteiger partial charge in [0.25, 0.3) is 5.91 Å². The number of fused-ring (bicyclic) bond motifs is 1. The number of benzene rings is 3. The molecule has 0 saturated heterocycles. The van der Waals surface area contributed by atoms with E-state index in [1.807, 2.05) is 54.6 Å². The SMILES string of the molecule is O=C(NCc1c(-c2ccc(-c3ccccc3)cc2)nc2ccc(Cl)nn12)c1ccccc1. The molecule has 5 nitrogen and oxygen atoms in total. The number of imidazole rings is 1. The Labute approximate surface area is 190 Å². The van der Waals surface area contributed by atoms with Crippen molar-refractivity contribution < 1.29 is 4.79 Å². The molecule has 5 rings (SSSR count). The number of carbonyl (C=O) groups excluding carboxylic acids is 1. The minimum Gasteiger partial charge on any atom is -0.346 e. The van der Waals surface area contributed by atoms with Gasteiger partial charge in [-0.1, -0.05) is 84.4 Å². The molecule has 6 heteroatoms. The first-order valence-corrected chi connectivity index (χ1v) is 10.6. The molecular formula is C26H19ClN4O. The number of hydrogen-bond donors (Lipinski definition) is 1. The van der Waals surface area contributed by atoms with Crippen molar-refractivity contribution in [2.75, 3.05) is 0 Å². The van der Waals surface area contributed by atoms with E-state index in [0.717, 1.165) is 28.1 Å². The van der Waals surface area contributed by atoms with Gasteiger partial charge in [-0.15, -0.1) is 0 Å². The molecule has 0 aliphatic carbocycles. The van der Waals surface area contributed by atoms with Crippen molar-refractivity contribution in [3.05, 3.63) is 113 Å². The normalized spacial score (nSPS) is 10.9. The van der Waals surface area contributed by atoms with Crippen LogP contribution in [0.4, 0.5) is 0 Å². The molecule has 2 heterocycles. The molecule has 0 bridgehead atoms. The Hall–Kier alpha value is -3.96. The van der Waals surface area contributed by atoms with Crippen molar-refractivity contribution >= 4 is 23.2 Å². The fourth-order valence-corrected chi connectivity index (χ4v) is 3.79. The summed E-state index contributed by atoms with van der Waals surface area (Å²) < 4.78 is 1.69. The Balaban J connectivity index is 1.51. The van der Waals surface area contributed by atoms with Crippen LogP contribution in [0, 0.1) is 0 Å². The Bertz CT molecular complexity index is 1380. The maximum atomic E-state index is 12.6. The lowest BCUT2D eigenvalue weighted by Crippen LogP contribution is -2.24. The summed E-state index contributed by atoms with van der Waals surface area (Å²) in [6.07, 6.45) is 0. The zero-order valence-electron chi connectivity index (χ0n) is 17.1. The van der Waals surface area contributed by atoms with E-state index in [4.69, 9.17) is 16.6 Å². The van der Waals surface area contributed by atoms with Crippen molar-refractivity contribution in [2.24, 2.45) is 0 Å². The summed E-state index contributed by atoms with van der Waals surface area (Å²) in [5, 5.41) is 7.74. The molecular weight excluding hydrogens is 420 g/mol. The van der Waals surface area contributed by atoms with Crippen LogP contribution in [0.15, 0.2) is 97.1 Å². The highest BCUT2D eigenvalue weighted by Crippen LogP contribution is 2.28. The summed E-state index contributed by atoms with van der Waals surface area (Å²) >= 11 is 6.15. The van der Waals surface area contributed by atoms with Crippen LogP contribution in [-0.4, -0.2) is 20.5 Å². The summed E-state index contributed by atoms with van der Waals surface area (Å²) in [7, 11) is 0. The van der Waals surface area contributed by atoms with Gasteiger partial charge in [-0.2, -0.15) is 5.10 Å². The predicted octanol–water partition coefficient (Wildman–Crippen LogP) is 5.65. The van der Waals surface area contributed by atoms with Crippen molar-refractivity contribution in [1.29, 1.82) is 0 Å². The first kappa shape index (κ1) is 20.0. The van der Waals surface area contributed by atoms with Gasteiger partial charge in [-0.3, -0.25) is 4.79 Å². The topological polar surface area (TPSA) is 59.3 Å². The van der Waals surface area contributed by atoms with E-state index < -0.39 is 0 Å². The average Bonchev–Trinajstić information content (AvgIpc) is 3.21. The Morgan fingerprint density at radius 2 is 1.41 bits per heavy atom. The number of halogens is 1. The predicted molar refractivity (Wildman–Crippen MR) is 126 cm³/mol. The van der Waals surface area contributed by atoms with Crippen LogP contribution >= 0.6 is 11.6 Å². The molecule has 156 valence electrons. The second kappa shape index (κ2) is 8.65. The van der Waals surface area contributed by atoms with E-state index in [1.54, 1.807) is 22.7 Å². The van der Waals surface area contributed by atoms with E-state index in [1.165, 1.54) is 0 Å². The van der Waals surface area contributed by atoms with E-state index in [-0.39, 0.29) is 12.5 Å². The molecule has 0 unspecified atom stereocenters. The fraction of sp³-hybridized carbons (Fsp3) is 0.0385. The minimum atomic E-state index is -0.159. The molecule has 0 atom stereocenters. The number of aromatic nitrogens is 3. The molecule has 1 N–H and O–H groups in total. The monoisotopic (exact) mass is 438 g/mol. The highest BCUT2D eigenvalue weighted by molar-refractivity contribution is 6.29. The molecule has 0 aliphatic rings. The van der Waals surface area contributed by atoms with Crippen molar-refractivity contribution in [2.45, 2.75) is 6.54 Å². The van der Waals surface area contributed by atoms with Crippen LogP contribution in [0.2, 0.25) is 5.15 Å². The van der Waals surface area contributed by atoms with Gasteiger partial charge >= 0.3 is 0 Å². The van der Waals surface area contributed by atoms with Gasteiger partial charge in [0.1, 0.15) is 5.15 Å². The minimum absolute atomic E-state index is 0.159. The van der Waals surface area contributed by atoms with E-state index in [0.29, 0.717) is 16.4 Å². The first-order valence-electron chi connectivity index (χ1n) is 10.2. The van der Waals surface area contributed by atoms with Crippen LogP contribution in [-0.2, 0) is 6.54 Å². The Morgan fingerprint density at radius 1 is 0.781 bits per heavy atom. The van der Waals surface area contributed by atoms with Crippen molar-refractivity contribution in [3.63, 3.8) is 0 Å². The van der Waals surface area contributed by atoms with Crippen LogP contribution in [0.1, 0.15) is 16.1 Å². The maximum Gasteiger partial charge on any atom is 0.251 e. The van der Waals surface area contributed by atoms with Gasteiger partial charge < -0.3 is 5.32 Å². The van der Waals surface area contributed by atoms with Gasteiger partial charge in [-0.25, -0.2) is 9.50 Å². The number of nitrogens with zero attached hydrogens (tertiary/aromatic N) is 3. The summed E-state index contributed by atoms with van der Waals surface area (Å²) in [5.41, 5.74) is 6.00. The highest BCUT2D eigenvalue weighted by Gasteiger charge is 2.17. The Morgan fingerprint density at radius 3 is 2.12 bits per heavy atom. The van der Waals surface area contributed by atoms with Crippen molar-refractivity contribution in [3.8, 4) is 22.4 Å². The lowest BCUT2D eigenvalue weighted by atomic mass is 10.0. The number of carbonyl (C=O) groups is 1. The van der Waals surface area contributed by atoms with Crippen LogP contribution < -0.4 is 5.32 Å². The van der Waals surface area contributed by atoms with Gasteiger partial charge in [0.05, 0.1) is 17.9 Å². The standard InChI is InChI=1S/C26H19ClN4O/c27-23-15-16-24-29-25(20-13-11-19(12-14-20)18-7-3-1-4-8-18)22(31(24)30-23)17-28-26(32)21-9-5-2-6-10-21/h1-16H,17H2,(H,28,32). The lowest BCUT2D eigenvalue weighted by Gasteiger charge is -2.08.